The first-order valence-electron chi connectivity index (χ1n) is 11.6. The zero-order valence-electron chi connectivity index (χ0n) is 20.1. The summed E-state index contributed by atoms with van der Waals surface area (Å²) >= 11 is 0. The van der Waals surface area contributed by atoms with Crippen LogP contribution in [0.15, 0.2) is 36.4 Å². The van der Waals surface area contributed by atoms with Gasteiger partial charge in [0.05, 0.1) is 11.8 Å². The van der Waals surface area contributed by atoms with Crippen molar-refractivity contribution >= 4 is 29.4 Å². The second kappa shape index (κ2) is 9.89. The number of fused-ring (bicyclic) bond motifs is 1. The maximum atomic E-state index is 12.9. The number of amides is 3. The molecule has 1 fully saturated rings. The molecule has 3 atom stereocenters. The SMILES string of the molecule is CC(C)C[C@@H](C(=O)OCC(=O)Nc1ccc(C(C)(C)C)cc1)N1C(=O)[C@H]2CC=CC[C@@H]2C1=O. The van der Waals surface area contributed by atoms with E-state index in [0.29, 0.717) is 24.9 Å². The van der Waals surface area contributed by atoms with E-state index in [0.717, 1.165) is 10.5 Å². The van der Waals surface area contributed by atoms with Crippen molar-refractivity contribution in [2.24, 2.45) is 17.8 Å². The molecule has 3 amide bonds. The number of imide groups is 1. The quantitative estimate of drug-likeness (QED) is 0.384. The molecule has 0 saturated carbocycles. The van der Waals surface area contributed by atoms with Gasteiger partial charge in [-0.15, -0.1) is 0 Å². The topological polar surface area (TPSA) is 92.8 Å². The summed E-state index contributed by atoms with van der Waals surface area (Å²) in [6.07, 6.45) is 5.12. The van der Waals surface area contributed by atoms with Crippen LogP contribution < -0.4 is 5.32 Å². The number of benzene rings is 1. The van der Waals surface area contributed by atoms with E-state index >= 15 is 0 Å². The molecule has 1 aromatic rings. The van der Waals surface area contributed by atoms with Crippen molar-refractivity contribution < 1.29 is 23.9 Å². The Bertz CT molecular complexity index is 916. The third-order valence-electron chi connectivity index (χ3n) is 6.20. The van der Waals surface area contributed by atoms with Gasteiger partial charge in [0.2, 0.25) is 11.8 Å². The van der Waals surface area contributed by atoms with Crippen LogP contribution in [-0.4, -0.2) is 41.2 Å². The third kappa shape index (κ3) is 5.70. The Kier molecular flexibility index (Phi) is 7.40. The van der Waals surface area contributed by atoms with Crippen molar-refractivity contribution in [3.05, 3.63) is 42.0 Å². The summed E-state index contributed by atoms with van der Waals surface area (Å²) in [7, 11) is 0. The number of carbonyl (C=O) groups excluding carboxylic acids is 4. The first-order valence-corrected chi connectivity index (χ1v) is 11.6. The van der Waals surface area contributed by atoms with Crippen LogP contribution in [0.2, 0.25) is 0 Å². The van der Waals surface area contributed by atoms with Gasteiger partial charge in [-0.2, -0.15) is 0 Å². The van der Waals surface area contributed by atoms with Crippen molar-refractivity contribution in [2.75, 3.05) is 11.9 Å². The number of esters is 1. The number of allylic oxidation sites excluding steroid dienone is 2. The fourth-order valence-corrected chi connectivity index (χ4v) is 4.37. The monoisotopic (exact) mass is 454 g/mol. The predicted octanol–water partition coefficient (Wildman–Crippen LogP) is 3.83. The summed E-state index contributed by atoms with van der Waals surface area (Å²) in [6.45, 7) is 9.65. The molecule has 2 aliphatic rings. The Balaban J connectivity index is 1.63. The minimum Gasteiger partial charge on any atom is -0.454 e. The van der Waals surface area contributed by atoms with Gasteiger partial charge in [0.1, 0.15) is 6.04 Å². The highest BCUT2D eigenvalue weighted by Crippen LogP contribution is 2.37. The Labute approximate surface area is 195 Å². The Hall–Kier alpha value is -2.96. The van der Waals surface area contributed by atoms with Gasteiger partial charge >= 0.3 is 5.97 Å². The van der Waals surface area contributed by atoms with Crippen LogP contribution in [0.5, 0.6) is 0 Å². The second-order valence-corrected chi connectivity index (χ2v) is 10.3. The number of hydrogen-bond acceptors (Lipinski definition) is 5. The molecular formula is C26H34N2O5. The van der Waals surface area contributed by atoms with Gasteiger partial charge < -0.3 is 10.1 Å². The lowest BCUT2D eigenvalue weighted by Crippen LogP contribution is -2.47. The summed E-state index contributed by atoms with van der Waals surface area (Å²) < 4.78 is 5.27. The number of carbonyl (C=O) groups is 4. The van der Waals surface area contributed by atoms with Gasteiger partial charge in [-0.3, -0.25) is 19.3 Å². The van der Waals surface area contributed by atoms with Crippen LogP contribution in [0, 0.1) is 17.8 Å². The molecule has 1 saturated heterocycles. The van der Waals surface area contributed by atoms with E-state index in [-0.39, 0.29) is 23.1 Å². The number of ether oxygens (including phenoxy) is 1. The zero-order valence-corrected chi connectivity index (χ0v) is 20.1. The van der Waals surface area contributed by atoms with Crippen LogP contribution in [-0.2, 0) is 29.3 Å². The fourth-order valence-electron chi connectivity index (χ4n) is 4.37. The molecule has 7 heteroatoms. The molecule has 0 aromatic heterocycles. The molecule has 0 spiro atoms. The molecule has 1 aromatic carbocycles. The van der Waals surface area contributed by atoms with Crippen molar-refractivity contribution in [2.45, 2.75) is 65.3 Å². The lowest BCUT2D eigenvalue weighted by molar-refractivity contribution is -0.160. The number of nitrogens with one attached hydrogen (secondary N) is 1. The maximum absolute atomic E-state index is 12.9. The first kappa shape index (κ1) is 24.7. The predicted molar refractivity (Wildman–Crippen MR) is 125 cm³/mol. The van der Waals surface area contributed by atoms with Crippen LogP contribution in [0.25, 0.3) is 0 Å². The van der Waals surface area contributed by atoms with Gasteiger partial charge in [0, 0.05) is 5.69 Å². The van der Waals surface area contributed by atoms with Crippen LogP contribution in [0.1, 0.15) is 59.4 Å². The molecule has 3 rings (SSSR count). The Morgan fingerprint density at radius 3 is 2.06 bits per heavy atom. The lowest BCUT2D eigenvalue weighted by atomic mass is 9.85. The minimum absolute atomic E-state index is 0.00149. The van der Waals surface area contributed by atoms with E-state index in [9.17, 15) is 19.2 Å². The highest BCUT2D eigenvalue weighted by Gasteiger charge is 2.51. The minimum atomic E-state index is -1.02. The molecule has 1 heterocycles. The van der Waals surface area contributed by atoms with E-state index < -0.39 is 36.4 Å². The van der Waals surface area contributed by atoms with E-state index in [1.165, 1.54) is 0 Å². The van der Waals surface area contributed by atoms with E-state index in [4.69, 9.17) is 4.74 Å². The lowest BCUT2D eigenvalue weighted by Gasteiger charge is -2.26. The van der Waals surface area contributed by atoms with Crippen LogP contribution in [0.3, 0.4) is 0 Å². The van der Waals surface area contributed by atoms with Crippen LogP contribution >= 0.6 is 0 Å². The Morgan fingerprint density at radius 1 is 1.03 bits per heavy atom. The van der Waals surface area contributed by atoms with E-state index in [1.54, 1.807) is 12.1 Å². The summed E-state index contributed by atoms with van der Waals surface area (Å²) in [5.74, 6) is -2.62. The number of nitrogens with zero attached hydrogens (tertiary/aromatic N) is 1. The smallest absolute Gasteiger partial charge is 0.329 e. The summed E-state index contributed by atoms with van der Waals surface area (Å²) in [4.78, 5) is 52.2. The standard InChI is InChI=1S/C26H34N2O5/c1-16(2)14-21(28-23(30)19-8-6-7-9-20(19)24(28)31)25(32)33-15-22(29)27-18-12-10-17(11-13-18)26(3,4)5/h6-7,10-13,16,19-21H,8-9,14-15H2,1-5H3,(H,27,29)/t19-,20-,21-/m0/s1. The van der Waals surface area contributed by atoms with E-state index in [1.807, 2.05) is 38.1 Å². The van der Waals surface area contributed by atoms with Gasteiger partial charge in [0.15, 0.2) is 6.61 Å². The number of rotatable bonds is 7. The van der Waals surface area contributed by atoms with Crippen LogP contribution in [0.4, 0.5) is 5.69 Å². The van der Waals surface area contributed by atoms with Crippen molar-refractivity contribution in [1.29, 1.82) is 0 Å². The molecule has 178 valence electrons. The van der Waals surface area contributed by atoms with Crippen molar-refractivity contribution in [3.8, 4) is 0 Å². The zero-order chi connectivity index (χ0) is 24.3. The summed E-state index contributed by atoms with van der Waals surface area (Å²) in [6, 6.07) is 6.48. The maximum Gasteiger partial charge on any atom is 0.329 e. The number of likely N-dealkylation sites (tertiary alicyclic amines) is 1. The molecule has 0 unspecified atom stereocenters. The molecule has 0 radical (unpaired) electrons. The molecule has 1 aliphatic heterocycles. The third-order valence-corrected chi connectivity index (χ3v) is 6.20. The molecule has 1 N–H and O–H groups in total. The first-order chi connectivity index (χ1) is 15.5. The average molecular weight is 455 g/mol. The fraction of sp³-hybridized carbons (Fsp3) is 0.538. The highest BCUT2D eigenvalue weighted by atomic mass is 16.5. The molecule has 33 heavy (non-hydrogen) atoms. The van der Waals surface area contributed by atoms with Gasteiger partial charge in [-0.05, 0) is 48.3 Å². The summed E-state index contributed by atoms with van der Waals surface area (Å²) in [5.41, 5.74) is 1.74. The number of anilines is 1. The van der Waals surface area contributed by atoms with Crippen molar-refractivity contribution in [1.82, 2.24) is 4.90 Å². The van der Waals surface area contributed by atoms with Gasteiger partial charge in [-0.1, -0.05) is 58.9 Å². The number of hydrogen-bond donors (Lipinski definition) is 1. The highest BCUT2D eigenvalue weighted by molar-refractivity contribution is 6.08. The molecular weight excluding hydrogens is 420 g/mol. The molecule has 1 aliphatic carbocycles. The van der Waals surface area contributed by atoms with Crippen molar-refractivity contribution in [3.63, 3.8) is 0 Å². The van der Waals surface area contributed by atoms with Gasteiger partial charge in [-0.25, -0.2) is 4.79 Å². The average Bonchev–Trinajstić information content (AvgIpc) is 3.00. The summed E-state index contributed by atoms with van der Waals surface area (Å²) in [5, 5.41) is 2.71. The largest absolute Gasteiger partial charge is 0.454 e. The Morgan fingerprint density at radius 2 is 1.58 bits per heavy atom. The molecule has 0 bridgehead atoms. The second-order valence-electron chi connectivity index (χ2n) is 10.3. The normalized spacial score (nSPS) is 21.2. The van der Waals surface area contributed by atoms with E-state index in [2.05, 4.69) is 26.1 Å². The van der Waals surface area contributed by atoms with Gasteiger partial charge in [0.25, 0.3) is 5.91 Å². The molecule has 7 nitrogen and oxygen atoms in total.